The van der Waals surface area contributed by atoms with E-state index in [1.807, 2.05) is 20.9 Å². The predicted octanol–water partition coefficient (Wildman–Crippen LogP) is 0.593. The van der Waals surface area contributed by atoms with Gasteiger partial charge in [-0.25, -0.2) is 0 Å². The predicted molar refractivity (Wildman–Crippen MR) is 69.4 cm³/mol. The van der Waals surface area contributed by atoms with Crippen LogP contribution in [-0.4, -0.2) is 44.8 Å². The van der Waals surface area contributed by atoms with E-state index in [1.165, 1.54) is 11.0 Å². The number of aliphatic carboxylic acids is 1. The van der Waals surface area contributed by atoms with Gasteiger partial charge in [-0.05, 0) is 19.9 Å². The number of hydrogen-bond acceptors (Lipinski definition) is 3. The van der Waals surface area contributed by atoms with Crippen LogP contribution in [0.1, 0.15) is 17.0 Å². The molecule has 0 atom stereocenters. The second-order valence-electron chi connectivity index (χ2n) is 4.82. The molecule has 0 radical (unpaired) electrons. The minimum Gasteiger partial charge on any atom is -0.481 e. The number of carboxylic acids is 1. The summed E-state index contributed by atoms with van der Waals surface area (Å²) < 4.78 is 1.77. The Labute approximate surface area is 111 Å². The Hall–Kier alpha value is -2.11. The first-order valence-electron chi connectivity index (χ1n) is 6.10. The average molecular weight is 263 g/mol. The summed E-state index contributed by atoms with van der Waals surface area (Å²) in [4.78, 5) is 24.0. The van der Waals surface area contributed by atoms with Crippen molar-refractivity contribution < 1.29 is 14.7 Å². The molecule has 1 aliphatic heterocycles. The van der Waals surface area contributed by atoms with E-state index < -0.39 is 11.9 Å². The van der Waals surface area contributed by atoms with Crippen LogP contribution in [0.25, 0.3) is 6.08 Å². The number of carbonyl (C=O) groups is 2. The molecule has 1 aliphatic rings. The van der Waals surface area contributed by atoms with Gasteiger partial charge in [0.2, 0.25) is 5.91 Å². The summed E-state index contributed by atoms with van der Waals surface area (Å²) in [6.45, 7) is 4.42. The van der Waals surface area contributed by atoms with Crippen LogP contribution in [0.15, 0.2) is 6.08 Å². The van der Waals surface area contributed by atoms with Crippen LogP contribution in [0.3, 0.4) is 0 Å². The molecule has 0 bridgehead atoms. The van der Waals surface area contributed by atoms with Crippen molar-refractivity contribution in [3.63, 3.8) is 0 Å². The number of aromatic nitrogens is 2. The van der Waals surface area contributed by atoms with Gasteiger partial charge in [0, 0.05) is 37.5 Å². The first kappa shape index (κ1) is 13.3. The van der Waals surface area contributed by atoms with Crippen LogP contribution in [0.5, 0.6) is 0 Å². The molecule has 1 aromatic heterocycles. The zero-order valence-corrected chi connectivity index (χ0v) is 11.3. The molecule has 1 aromatic rings. The van der Waals surface area contributed by atoms with Crippen molar-refractivity contribution in [2.45, 2.75) is 13.8 Å². The van der Waals surface area contributed by atoms with Gasteiger partial charge in [0.1, 0.15) is 0 Å². The standard InChI is InChI=1S/C13H17N3O3/c1-8-11(9(2)15(3)14-8)4-5-12(17)16-6-10(7-16)13(18)19/h4-5,10H,6-7H2,1-3H3,(H,18,19). The van der Waals surface area contributed by atoms with Crippen LogP contribution in [0, 0.1) is 19.8 Å². The second kappa shape index (κ2) is 4.87. The van der Waals surface area contributed by atoms with Gasteiger partial charge in [0.15, 0.2) is 0 Å². The van der Waals surface area contributed by atoms with Crippen LogP contribution >= 0.6 is 0 Å². The fourth-order valence-electron chi connectivity index (χ4n) is 2.11. The van der Waals surface area contributed by atoms with Crippen molar-refractivity contribution in [1.82, 2.24) is 14.7 Å². The fourth-order valence-corrected chi connectivity index (χ4v) is 2.11. The van der Waals surface area contributed by atoms with E-state index in [2.05, 4.69) is 5.10 Å². The van der Waals surface area contributed by atoms with Crippen molar-refractivity contribution in [3.05, 3.63) is 23.0 Å². The molecule has 0 saturated carbocycles. The molecule has 6 nitrogen and oxygen atoms in total. The normalized spacial score (nSPS) is 15.8. The molecule has 1 saturated heterocycles. The highest BCUT2D eigenvalue weighted by atomic mass is 16.4. The van der Waals surface area contributed by atoms with Gasteiger partial charge >= 0.3 is 5.97 Å². The van der Waals surface area contributed by atoms with E-state index in [9.17, 15) is 9.59 Å². The number of amides is 1. The molecule has 1 N–H and O–H groups in total. The molecule has 6 heteroatoms. The zero-order valence-electron chi connectivity index (χ0n) is 11.3. The molecule has 2 heterocycles. The van der Waals surface area contributed by atoms with E-state index in [-0.39, 0.29) is 5.91 Å². The average Bonchev–Trinajstić information content (AvgIpc) is 2.48. The summed E-state index contributed by atoms with van der Waals surface area (Å²) in [5.74, 6) is -1.41. The highest BCUT2D eigenvalue weighted by Gasteiger charge is 2.34. The third kappa shape index (κ3) is 2.52. The number of carbonyl (C=O) groups excluding carboxylic acids is 1. The van der Waals surface area contributed by atoms with Gasteiger partial charge in [-0.15, -0.1) is 0 Å². The summed E-state index contributed by atoms with van der Waals surface area (Å²) in [5, 5.41) is 13.0. The monoisotopic (exact) mass is 263 g/mol. The van der Waals surface area contributed by atoms with E-state index in [0.717, 1.165) is 17.0 Å². The lowest BCUT2D eigenvalue weighted by molar-refractivity contribution is -0.151. The Morgan fingerprint density at radius 2 is 2.00 bits per heavy atom. The van der Waals surface area contributed by atoms with Gasteiger partial charge in [-0.2, -0.15) is 5.10 Å². The summed E-state index contributed by atoms with van der Waals surface area (Å²) in [5.41, 5.74) is 2.80. The van der Waals surface area contributed by atoms with Gasteiger partial charge in [-0.3, -0.25) is 14.3 Å². The van der Waals surface area contributed by atoms with E-state index in [0.29, 0.717) is 13.1 Å². The molecule has 0 aliphatic carbocycles. The van der Waals surface area contributed by atoms with E-state index in [1.54, 1.807) is 10.8 Å². The quantitative estimate of drug-likeness (QED) is 0.810. The highest BCUT2D eigenvalue weighted by molar-refractivity contribution is 5.93. The van der Waals surface area contributed by atoms with Crippen LogP contribution in [-0.2, 0) is 16.6 Å². The van der Waals surface area contributed by atoms with Crippen molar-refractivity contribution in [2.24, 2.45) is 13.0 Å². The van der Waals surface area contributed by atoms with Crippen molar-refractivity contribution in [2.75, 3.05) is 13.1 Å². The molecule has 19 heavy (non-hydrogen) atoms. The summed E-state index contributed by atoms with van der Waals surface area (Å²) in [7, 11) is 1.86. The number of carboxylic acid groups (broad SMARTS) is 1. The zero-order chi connectivity index (χ0) is 14.2. The first-order chi connectivity index (χ1) is 8.90. The minimum atomic E-state index is -0.841. The lowest BCUT2D eigenvalue weighted by Crippen LogP contribution is -2.52. The SMILES string of the molecule is Cc1nn(C)c(C)c1C=CC(=O)N1CC(C(=O)O)C1. The van der Waals surface area contributed by atoms with E-state index >= 15 is 0 Å². The largest absolute Gasteiger partial charge is 0.481 e. The summed E-state index contributed by atoms with van der Waals surface area (Å²) in [6.07, 6.45) is 3.23. The van der Waals surface area contributed by atoms with Crippen molar-refractivity contribution in [3.8, 4) is 0 Å². The third-order valence-corrected chi connectivity index (χ3v) is 3.50. The van der Waals surface area contributed by atoms with Gasteiger partial charge in [0.05, 0.1) is 11.6 Å². The number of aryl methyl sites for hydroxylation is 2. The maximum absolute atomic E-state index is 11.8. The van der Waals surface area contributed by atoms with Crippen LogP contribution in [0.2, 0.25) is 0 Å². The molecular weight excluding hydrogens is 246 g/mol. The van der Waals surface area contributed by atoms with Gasteiger partial charge in [0.25, 0.3) is 0 Å². The van der Waals surface area contributed by atoms with Crippen LogP contribution in [0.4, 0.5) is 0 Å². The molecule has 0 aromatic carbocycles. The van der Waals surface area contributed by atoms with Gasteiger partial charge < -0.3 is 10.0 Å². The Bertz CT molecular complexity index is 554. The lowest BCUT2D eigenvalue weighted by atomic mass is 10.0. The number of likely N-dealkylation sites (tertiary alicyclic amines) is 1. The molecule has 102 valence electrons. The Kier molecular flexibility index (Phi) is 3.42. The molecule has 2 rings (SSSR count). The topological polar surface area (TPSA) is 75.4 Å². The lowest BCUT2D eigenvalue weighted by Gasteiger charge is -2.35. The number of rotatable bonds is 3. The summed E-state index contributed by atoms with van der Waals surface area (Å²) >= 11 is 0. The number of nitrogens with zero attached hydrogens (tertiary/aromatic N) is 3. The van der Waals surface area contributed by atoms with Crippen molar-refractivity contribution in [1.29, 1.82) is 0 Å². The maximum atomic E-state index is 11.8. The molecule has 1 fully saturated rings. The third-order valence-electron chi connectivity index (χ3n) is 3.50. The molecule has 1 amide bonds. The van der Waals surface area contributed by atoms with Gasteiger partial charge in [-0.1, -0.05) is 0 Å². The highest BCUT2D eigenvalue weighted by Crippen LogP contribution is 2.18. The first-order valence-corrected chi connectivity index (χ1v) is 6.10. The fraction of sp³-hybridized carbons (Fsp3) is 0.462. The molecule has 0 spiro atoms. The Morgan fingerprint density at radius 3 is 2.47 bits per heavy atom. The van der Waals surface area contributed by atoms with E-state index in [4.69, 9.17) is 5.11 Å². The smallest absolute Gasteiger partial charge is 0.310 e. The maximum Gasteiger partial charge on any atom is 0.310 e. The van der Waals surface area contributed by atoms with Crippen molar-refractivity contribution >= 4 is 18.0 Å². The summed E-state index contributed by atoms with van der Waals surface area (Å²) in [6, 6.07) is 0. The minimum absolute atomic E-state index is 0.153. The Balaban J connectivity index is 2.00. The molecule has 0 unspecified atom stereocenters. The van der Waals surface area contributed by atoms with Crippen LogP contribution < -0.4 is 0 Å². The number of hydrogen-bond donors (Lipinski definition) is 1. The second-order valence-corrected chi connectivity index (χ2v) is 4.82. The molecular formula is C13H17N3O3. The Morgan fingerprint density at radius 1 is 1.37 bits per heavy atom.